The van der Waals surface area contributed by atoms with E-state index in [0.29, 0.717) is 10.8 Å². The Labute approximate surface area is 354 Å². The number of hydrogen-bond donors (Lipinski definition) is 3. The van der Waals surface area contributed by atoms with E-state index in [2.05, 4.69) is 37.3 Å². The van der Waals surface area contributed by atoms with Gasteiger partial charge in [0, 0.05) is 83.7 Å². The van der Waals surface area contributed by atoms with Crippen molar-refractivity contribution in [1.82, 2.24) is 14.9 Å². The standard InChI is InChI=1S/C44H47ClN6O6S2/c1-44(2,3)47-42(52)27-35(30-58-37-10-5-4-6-11-37)46-40-22-21-38(28-41(40)51(54)55)59(56,57)48-43(53)32-15-19-36(20-16-32)50-25-23-49(24-26-50)29-33-9-7-8-12-39(33)31-13-17-34(45)18-14-31/h4-22,28,35,46H,23-27,29-30H2,1-3H3,(H,47,52)(H,48,53). The lowest BCUT2D eigenvalue weighted by atomic mass is 9.99. The van der Waals surface area contributed by atoms with Gasteiger partial charge in [-0.15, -0.1) is 11.8 Å². The molecule has 59 heavy (non-hydrogen) atoms. The van der Waals surface area contributed by atoms with Crippen molar-refractivity contribution in [2.45, 2.75) is 55.1 Å². The third kappa shape index (κ3) is 12.1. The number of amides is 2. The summed E-state index contributed by atoms with van der Waals surface area (Å²) in [5.74, 6) is -0.717. The Kier molecular flexibility index (Phi) is 14.0. The summed E-state index contributed by atoms with van der Waals surface area (Å²) in [5, 5.41) is 19.0. The van der Waals surface area contributed by atoms with E-state index in [9.17, 15) is 28.1 Å². The van der Waals surface area contributed by atoms with E-state index >= 15 is 0 Å². The van der Waals surface area contributed by atoms with Gasteiger partial charge in [0.1, 0.15) is 5.69 Å². The van der Waals surface area contributed by atoms with Gasteiger partial charge < -0.3 is 15.5 Å². The zero-order valence-electron chi connectivity index (χ0n) is 33.1. The van der Waals surface area contributed by atoms with Crippen LogP contribution >= 0.6 is 23.4 Å². The van der Waals surface area contributed by atoms with Crippen LogP contribution in [0.4, 0.5) is 17.1 Å². The fraction of sp³-hybridized carbons (Fsp3) is 0.273. The Hall–Kier alpha value is -5.41. The molecule has 1 heterocycles. The molecule has 1 unspecified atom stereocenters. The van der Waals surface area contributed by atoms with Gasteiger partial charge in [-0.3, -0.25) is 24.6 Å². The maximum Gasteiger partial charge on any atom is 0.293 e. The molecule has 308 valence electrons. The third-order valence-corrected chi connectivity index (χ3v) is 12.4. The number of sulfonamides is 1. The second-order valence-corrected chi connectivity index (χ2v) is 18.5. The monoisotopic (exact) mass is 854 g/mol. The molecule has 0 saturated carbocycles. The number of nitrogens with zero attached hydrogens (tertiary/aromatic N) is 3. The maximum atomic E-state index is 13.4. The SMILES string of the molecule is CC(C)(C)NC(=O)CC(CSc1ccccc1)Nc1ccc(S(=O)(=O)NC(=O)c2ccc(N3CCN(Cc4ccccc4-c4ccc(Cl)cc4)CC3)cc2)cc1[N+](=O)[O-]. The fourth-order valence-corrected chi connectivity index (χ4v) is 8.83. The predicted molar refractivity (Wildman–Crippen MR) is 236 cm³/mol. The highest BCUT2D eigenvalue weighted by Gasteiger charge is 2.27. The van der Waals surface area contributed by atoms with Crippen LogP contribution in [-0.4, -0.2) is 73.6 Å². The molecule has 1 fully saturated rings. The van der Waals surface area contributed by atoms with Crippen molar-refractivity contribution in [2.75, 3.05) is 42.1 Å². The molecule has 6 rings (SSSR count). The van der Waals surface area contributed by atoms with Crippen molar-refractivity contribution in [1.29, 1.82) is 0 Å². The number of nitro groups is 1. The van der Waals surface area contributed by atoms with Gasteiger partial charge in [0.25, 0.3) is 21.6 Å². The molecule has 15 heteroatoms. The first-order valence-electron chi connectivity index (χ1n) is 19.2. The molecule has 0 bridgehead atoms. The summed E-state index contributed by atoms with van der Waals surface area (Å²) < 4.78 is 28.9. The Morgan fingerprint density at radius 2 is 1.53 bits per heavy atom. The molecule has 2 amide bonds. The molecule has 1 aliphatic heterocycles. The number of halogens is 1. The van der Waals surface area contributed by atoms with Crippen molar-refractivity contribution in [3.63, 3.8) is 0 Å². The zero-order chi connectivity index (χ0) is 42.2. The van der Waals surface area contributed by atoms with Gasteiger partial charge in [0.2, 0.25) is 5.91 Å². The van der Waals surface area contributed by atoms with E-state index in [0.717, 1.165) is 54.9 Å². The molecule has 0 aromatic heterocycles. The Morgan fingerprint density at radius 1 is 0.864 bits per heavy atom. The van der Waals surface area contributed by atoms with Crippen LogP contribution in [0.2, 0.25) is 5.02 Å². The number of nitrogens with one attached hydrogen (secondary N) is 3. The minimum atomic E-state index is -4.50. The summed E-state index contributed by atoms with van der Waals surface area (Å²) in [4.78, 5) is 42.8. The summed E-state index contributed by atoms with van der Waals surface area (Å²) in [5.41, 5.74) is 3.60. The molecule has 3 N–H and O–H groups in total. The fourth-order valence-electron chi connectivity index (χ4n) is 6.77. The number of piperazine rings is 1. The van der Waals surface area contributed by atoms with Gasteiger partial charge in [-0.05, 0) is 98.1 Å². The highest BCUT2D eigenvalue weighted by molar-refractivity contribution is 7.99. The van der Waals surface area contributed by atoms with Crippen LogP contribution < -0.4 is 20.3 Å². The zero-order valence-corrected chi connectivity index (χ0v) is 35.4. The Morgan fingerprint density at radius 3 is 2.19 bits per heavy atom. The van der Waals surface area contributed by atoms with Crippen LogP contribution in [0.5, 0.6) is 0 Å². The minimum Gasteiger partial charge on any atom is -0.375 e. The van der Waals surface area contributed by atoms with E-state index in [1.54, 1.807) is 24.3 Å². The van der Waals surface area contributed by atoms with Crippen LogP contribution in [0.1, 0.15) is 43.1 Å². The number of thioether (sulfide) groups is 1. The number of nitro benzene ring substituents is 1. The first-order valence-corrected chi connectivity index (χ1v) is 22.0. The van der Waals surface area contributed by atoms with Gasteiger partial charge in [0.15, 0.2) is 0 Å². The molecule has 0 radical (unpaired) electrons. The van der Waals surface area contributed by atoms with Crippen molar-refractivity contribution in [3.8, 4) is 11.1 Å². The minimum absolute atomic E-state index is 0.0141. The third-order valence-electron chi connectivity index (χ3n) is 9.64. The quantitative estimate of drug-likeness (QED) is 0.0533. The Balaban J connectivity index is 1.07. The lowest BCUT2D eigenvalue weighted by Crippen LogP contribution is -2.46. The van der Waals surface area contributed by atoms with Crippen LogP contribution in [0, 0.1) is 10.1 Å². The number of carbonyl (C=O) groups is 2. The van der Waals surface area contributed by atoms with Crippen molar-refractivity contribution >= 4 is 62.3 Å². The average Bonchev–Trinajstić information content (AvgIpc) is 3.20. The lowest BCUT2D eigenvalue weighted by Gasteiger charge is -2.36. The average molecular weight is 855 g/mol. The molecule has 1 atom stereocenters. The molecule has 12 nitrogen and oxygen atoms in total. The van der Waals surface area contributed by atoms with Gasteiger partial charge >= 0.3 is 0 Å². The summed E-state index contributed by atoms with van der Waals surface area (Å²) >= 11 is 7.59. The van der Waals surface area contributed by atoms with Crippen molar-refractivity contribution in [2.24, 2.45) is 0 Å². The van der Waals surface area contributed by atoms with Gasteiger partial charge in [-0.25, -0.2) is 13.1 Å². The molecular weight excluding hydrogens is 808 g/mol. The van der Waals surface area contributed by atoms with E-state index in [4.69, 9.17) is 11.6 Å². The second kappa shape index (κ2) is 19.1. The summed E-state index contributed by atoms with van der Waals surface area (Å²) in [7, 11) is -4.50. The number of carbonyl (C=O) groups excluding carboxylic acids is 2. The lowest BCUT2D eigenvalue weighted by molar-refractivity contribution is -0.384. The topological polar surface area (TPSA) is 154 Å². The molecule has 0 aliphatic carbocycles. The largest absolute Gasteiger partial charge is 0.375 e. The predicted octanol–water partition coefficient (Wildman–Crippen LogP) is 8.23. The molecule has 1 aliphatic rings. The number of hydrogen-bond acceptors (Lipinski definition) is 10. The number of rotatable bonds is 15. The highest BCUT2D eigenvalue weighted by Crippen LogP contribution is 2.31. The van der Waals surface area contributed by atoms with E-state index < -0.39 is 43.0 Å². The summed E-state index contributed by atoms with van der Waals surface area (Å²) in [6.07, 6.45) is 0.0141. The van der Waals surface area contributed by atoms with Gasteiger partial charge in [0.05, 0.1) is 9.82 Å². The van der Waals surface area contributed by atoms with Crippen LogP contribution in [0.25, 0.3) is 11.1 Å². The van der Waals surface area contributed by atoms with Crippen molar-refractivity contribution in [3.05, 3.63) is 148 Å². The molecular formula is C44H47ClN6O6S2. The van der Waals surface area contributed by atoms with E-state index in [1.807, 2.05) is 87.5 Å². The molecule has 5 aromatic rings. The highest BCUT2D eigenvalue weighted by atomic mass is 35.5. The van der Waals surface area contributed by atoms with Crippen LogP contribution in [-0.2, 0) is 21.4 Å². The first kappa shape index (κ1) is 43.2. The van der Waals surface area contributed by atoms with Crippen LogP contribution in [0.3, 0.4) is 0 Å². The molecule has 0 spiro atoms. The maximum absolute atomic E-state index is 13.4. The molecule has 5 aromatic carbocycles. The van der Waals surface area contributed by atoms with Crippen molar-refractivity contribution < 1.29 is 22.9 Å². The van der Waals surface area contributed by atoms with E-state index in [-0.39, 0.29) is 23.6 Å². The smallest absolute Gasteiger partial charge is 0.293 e. The normalized spacial score (nSPS) is 14.0. The summed E-state index contributed by atoms with van der Waals surface area (Å²) in [6, 6.07) is 35.3. The number of anilines is 2. The van der Waals surface area contributed by atoms with E-state index in [1.165, 1.54) is 35.0 Å². The number of benzene rings is 5. The van der Waals surface area contributed by atoms with Gasteiger partial charge in [-0.1, -0.05) is 66.2 Å². The van der Waals surface area contributed by atoms with Crippen LogP contribution in [0.15, 0.2) is 131 Å². The second-order valence-electron chi connectivity index (χ2n) is 15.3. The molecule has 1 saturated heterocycles. The Bertz CT molecular complexity index is 2370. The van der Waals surface area contributed by atoms with Gasteiger partial charge in [-0.2, -0.15) is 0 Å². The summed E-state index contributed by atoms with van der Waals surface area (Å²) in [6.45, 7) is 9.57. The first-order chi connectivity index (χ1) is 28.1.